The van der Waals surface area contributed by atoms with Gasteiger partial charge in [0, 0.05) is 18.7 Å². The number of hydrogen-bond acceptors (Lipinski definition) is 4. The van der Waals surface area contributed by atoms with Gasteiger partial charge in [0.25, 0.3) is 5.91 Å². The Morgan fingerprint density at radius 2 is 1.73 bits per heavy atom. The van der Waals surface area contributed by atoms with Gasteiger partial charge in [-0.2, -0.15) is 0 Å². The molecular formula is C18H24ClN3O3S. The van der Waals surface area contributed by atoms with Gasteiger partial charge in [-0.05, 0) is 43.8 Å². The summed E-state index contributed by atoms with van der Waals surface area (Å²) in [4.78, 5) is 12.2. The summed E-state index contributed by atoms with van der Waals surface area (Å²) in [7, 11) is -1.84. The number of halogens is 1. The maximum Gasteiger partial charge on any atom is 0.251 e. The Kier molecular flexibility index (Phi) is 9.29. The van der Waals surface area contributed by atoms with Crippen LogP contribution in [0, 0.1) is 0 Å². The molecule has 0 unspecified atom stereocenters. The summed E-state index contributed by atoms with van der Waals surface area (Å²) in [5, 5.41) is 5.77. The summed E-state index contributed by atoms with van der Waals surface area (Å²) in [5.74, 6) is -0.281. The number of hydrogen-bond donors (Lipinski definition) is 3. The van der Waals surface area contributed by atoms with Crippen molar-refractivity contribution in [3.05, 3.63) is 65.7 Å². The van der Waals surface area contributed by atoms with Crippen molar-refractivity contribution in [2.75, 3.05) is 20.1 Å². The van der Waals surface area contributed by atoms with Gasteiger partial charge < -0.3 is 10.6 Å². The van der Waals surface area contributed by atoms with Crippen molar-refractivity contribution >= 4 is 28.3 Å². The van der Waals surface area contributed by atoms with Crippen molar-refractivity contribution in [2.24, 2.45) is 0 Å². The molecule has 2 rings (SSSR count). The maximum absolute atomic E-state index is 12.4. The normalized spacial score (nSPS) is 10.8. The molecule has 8 heteroatoms. The van der Waals surface area contributed by atoms with E-state index in [1.54, 1.807) is 12.1 Å². The molecule has 0 bridgehead atoms. The lowest BCUT2D eigenvalue weighted by Crippen LogP contribution is -2.27. The van der Waals surface area contributed by atoms with E-state index in [-0.39, 0.29) is 29.8 Å². The van der Waals surface area contributed by atoms with E-state index in [2.05, 4.69) is 15.4 Å². The van der Waals surface area contributed by atoms with Crippen molar-refractivity contribution in [3.8, 4) is 0 Å². The smallest absolute Gasteiger partial charge is 0.251 e. The van der Waals surface area contributed by atoms with Gasteiger partial charge in [-0.3, -0.25) is 4.79 Å². The lowest BCUT2D eigenvalue weighted by Gasteiger charge is -2.09. The third-order valence-corrected chi connectivity index (χ3v) is 5.00. The SMILES string of the molecule is CNCCCNC(=O)c1cccc(S(=O)(=O)NCc2ccccc2)c1.Cl. The standard InChI is InChI=1S/C18H23N3O3S.ClH/c1-19-11-6-12-20-18(22)16-9-5-10-17(13-16)25(23,24)21-14-15-7-3-2-4-8-15;/h2-5,7-10,13,19,21H,6,11-12,14H2,1H3,(H,20,22);1H. The Labute approximate surface area is 160 Å². The van der Waals surface area contributed by atoms with Crippen molar-refractivity contribution in [2.45, 2.75) is 17.9 Å². The molecule has 3 N–H and O–H groups in total. The van der Waals surface area contributed by atoms with Crippen LogP contribution in [0.5, 0.6) is 0 Å². The Hall–Kier alpha value is -1.93. The molecule has 0 aromatic heterocycles. The first kappa shape index (κ1) is 22.1. The molecule has 0 atom stereocenters. The van der Waals surface area contributed by atoms with Gasteiger partial charge in [0.2, 0.25) is 10.0 Å². The summed E-state index contributed by atoms with van der Waals surface area (Å²) in [6.45, 7) is 1.53. The summed E-state index contributed by atoms with van der Waals surface area (Å²) >= 11 is 0. The molecule has 0 fully saturated rings. The second-order valence-electron chi connectivity index (χ2n) is 5.55. The zero-order valence-corrected chi connectivity index (χ0v) is 16.2. The first-order valence-corrected chi connectivity index (χ1v) is 9.58. The fraction of sp³-hybridized carbons (Fsp3) is 0.278. The molecule has 0 aliphatic rings. The molecule has 6 nitrogen and oxygen atoms in total. The van der Waals surface area contributed by atoms with E-state index in [0.29, 0.717) is 12.1 Å². The highest BCUT2D eigenvalue weighted by Gasteiger charge is 2.16. The number of amides is 1. The zero-order chi connectivity index (χ0) is 18.1. The lowest BCUT2D eigenvalue weighted by atomic mass is 10.2. The van der Waals surface area contributed by atoms with Crippen molar-refractivity contribution in [3.63, 3.8) is 0 Å². The summed E-state index contributed by atoms with van der Waals surface area (Å²) in [6.07, 6.45) is 0.804. The molecule has 0 aliphatic carbocycles. The average molecular weight is 398 g/mol. The Morgan fingerprint density at radius 3 is 2.42 bits per heavy atom. The predicted octanol–water partition coefficient (Wildman–Crippen LogP) is 1.93. The van der Waals surface area contributed by atoms with Crippen molar-refractivity contribution < 1.29 is 13.2 Å². The molecule has 0 radical (unpaired) electrons. The van der Waals surface area contributed by atoms with E-state index in [9.17, 15) is 13.2 Å². The fourth-order valence-electron chi connectivity index (χ4n) is 2.23. The van der Waals surface area contributed by atoms with Crippen LogP contribution in [0.1, 0.15) is 22.3 Å². The number of sulfonamides is 1. The molecule has 2 aromatic carbocycles. The molecule has 0 spiro atoms. The average Bonchev–Trinajstić information content (AvgIpc) is 2.64. The summed E-state index contributed by atoms with van der Waals surface area (Å²) < 4.78 is 27.4. The molecule has 0 aliphatic heterocycles. The topological polar surface area (TPSA) is 87.3 Å². The minimum absolute atomic E-state index is 0. The molecule has 0 saturated carbocycles. The molecule has 142 valence electrons. The maximum atomic E-state index is 12.4. The number of carbonyl (C=O) groups excluding carboxylic acids is 1. The van der Waals surface area contributed by atoms with E-state index in [0.717, 1.165) is 18.5 Å². The second kappa shape index (κ2) is 10.9. The molecule has 26 heavy (non-hydrogen) atoms. The Bertz CT molecular complexity index is 798. The number of rotatable bonds is 9. The van der Waals surface area contributed by atoms with Gasteiger partial charge in [-0.15, -0.1) is 12.4 Å². The number of nitrogens with one attached hydrogen (secondary N) is 3. The van der Waals surface area contributed by atoms with Gasteiger partial charge in [0.15, 0.2) is 0 Å². The van der Waals surface area contributed by atoms with E-state index < -0.39 is 10.0 Å². The van der Waals surface area contributed by atoms with Gasteiger partial charge >= 0.3 is 0 Å². The quantitative estimate of drug-likeness (QED) is 0.564. The third kappa shape index (κ3) is 6.76. The van der Waals surface area contributed by atoms with Crippen molar-refractivity contribution in [1.29, 1.82) is 0 Å². The zero-order valence-electron chi connectivity index (χ0n) is 14.6. The minimum atomic E-state index is -3.68. The van der Waals surface area contributed by atoms with Gasteiger partial charge in [-0.25, -0.2) is 13.1 Å². The first-order valence-electron chi connectivity index (χ1n) is 8.09. The Balaban J connectivity index is 0.00000338. The minimum Gasteiger partial charge on any atom is -0.352 e. The van der Waals surface area contributed by atoms with Crippen LogP contribution in [-0.4, -0.2) is 34.5 Å². The fourth-order valence-corrected chi connectivity index (χ4v) is 3.29. The van der Waals surface area contributed by atoms with Crippen LogP contribution in [0.4, 0.5) is 0 Å². The van der Waals surface area contributed by atoms with Gasteiger partial charge in [0.05, 0.1) is 4.90 Å². The predicted molar refractivity (Wildman–Crippen MR) is 105 cm³/mol. The summed E-state index contributed by atoms with van der Waals surface area (Å²) in [5.41, 5.74) is 1.19. The Morgan fingerprint density at radius 1 is 1.00 bits per heavy atom. The highest BCUT2D eigenvalue weighted by molar-refractivity contribution is 7.89. The largest absolute Gasteiger partial charge is 0.352 e. The molecule has 2 aromatic rings. The monoisotopic (exact) mass is 397 g/mol. The number of benzene rings is 2. The van der Waals surface area contributed by atoms with Crippen LogP contribution >= 0.6 is 12.4 Å². The van der Waals surface area contributed by atoms with E-state index in [1.807, 2.05) is 37.4 Å². The number of carbonyl (C=O) groups is 1. The highest BCUT2D eigenvalue weighted by atomic mass is 35.5. The van der Waals surface area contributed by atoms with Crippen LogP contribution in [0.25, 0.3) is 0 Å². The third-order valence-electron chi connectivity index (χ3n) is 3.60. The van der Waals surface area contributed by atoms with Crippen molar-refractivity contribution in [1.82, 2.24) is 15.4 Å². The van der Waals surface area contributed by atoms with Crippen LogP contribution in [0.15, 0.2) is 59.5 Å². The summed E-state index contributed by atoms with van der Waals surface area (Å²) in [6, 6.07) is 15.3. The van der Waals surface area contributed by atoms with Crippen LogP contribution in [-0.2, 0) is 16.6 Å². The van der Waals surface area contributed by atoms with Crippen LogP contribution in [0.3, 0.4) is 0 Å². The van der Waals surface area contributed by atoms with Gasteiger partial charge in [-0.1, -0.05) is 36.4 Å². The van der Waals surface area contributed by atoms with E-state index in [1.165, 1.54) is 12.1 Å². The highest BCUT2D eigenvalue weighted by Crippen LogP contribution is 2.12. The molecule has 1 amide bonds. The van der Waals surface area contributed by atoms with Crippen LogP contribution in [0.2, 0.25) is 0 Å². The lowest BCUT2D eigenvalue weighted by molar-refractivity contribution is 0.0953. The van der Waals surface area contributed by atoms with E-state index >= 15 is 0 Å². The molecule has 0 heterocycles. The molecular weight excluding hydrogens is 374 g/mol. The van der Waals surface area contributed by atoms with Crippen LogP contribution < -0.4 is 15.4 Å². The first-order chi connectivity index (χ1) is 12.0. The van der Waals surface area contributed by atoms with E-state index in [4.69, 9.17) is 0 Å². The second-order valence-corrected chi connectivity index (χ2v) is 7.32. The van der Waals surface area contributed by atoms with Gasteiger partial charge in [0.1, 0.15) is 0 Å². The molecule has 0 saturated heterocycles.